The molecule has 0 spiro atoms. The normalized spacial score (nSPS) is 17.0. The van der Waals surface area contributed by atoms with Crippen LogP contribution < -0.4 is 10.9 Å². The van der Waals surface area contributed by atoms with E-state index in [-0.39, 0.29) is 0 Å². The van der Waals surface area contributed by atoms with Gasteiger partial charge >= 0.3 is 14.2 Å². The van der Waals surface area contributed by atoms with Crippen molar-refractivity contribution in [3.8, 4) is 11.1 Å². The molecule has 83 heavy (non-hydrogen) atoms. The first-order valence-corrected chi connectivity index (χ1v) is 33.9. The lowest BCUT2D eigenvalue weighted by Crippen LogP contribution is -2.41. The van der Waals surface area contributed by atoms with E-state index in [1.807, 2.05) is 0 Å². The van der Waals surface area contributed by atoms with Crippen LogP contribution in [0.15, 0.2) is 130 Å². The van der Waals surface area contributed by atoms with Crippen LogP contribution in [0.4, 0.5) is 0 Å². The van der Waals surface area contributed by atoms with Gasteiger partial charge in [-0.05, 0) is 227 Å². The topological polar surface area (TPSA) is 36.9 Å². The van der Waals surface area contributed by atoms with Gasteiger partial charge in [0, 0.05) is 8.95 Å². The number of hydrogen-bond donors (Lipinski definition) is 0. The SMILES string of the molecule is Brc1c2ccccc2c(Br)c2ccccc12.CCCCCCc1cc(CCCCCC)cc(C2(c3cc(CCCCCC)cc(CCCCCC)c3)c3cc(B4OC(C)(C)C(C)(C)O4)ccc3-c3ccc(B4OC(C)(C)C(C)(C)O4)cc32)c1. The average molecular weight is 1240 g/mol. The Morgan fingerprint density at radius 1 is 0.337 bits per heavy atom. The average Bonchev–Trinajstić information content (AvgIpc) is 1.85. The number of aryl methyl sites for hydroxylation is 4. The monoisotopic (exact) mass is 1240 g/mol. The van der Waals surface area contributed by atoms with Gasteiger partial charge in [-0.15, -0.1) is 0 Å². The number of hydrogen-bond acceptors (Lipinski definition) is 4. The molecule has 2 saturated heterocycles. The first kappa shape index (κ1) is 63.5. The van der Waals surface area contributed by atoms with Crippen molar-refractivity contribution in [3.05, 3.63) is 175 Å². The molecule has 2 heterocycles. The van der Waals surface area contributed by atoms with Crippen LogP contribution in [-0.2, 0) is 49.7 Å². The molecule has 10 rings (SSSR count). The minimum atomic E-state index is -0.626. The van der Waals surface area contributed by atoms with Crippen molar-refractivity contribution >= 4 is 78.6 Å². The van der Waals surface area contributed by atoms with Gasteiger partial charge in [-0.2, -0.15) is 0 Å². The Bertz CT molecular complexity index is 2970. The second-order valence-corrected chi connectivity index (χ2v) is 28.2. The predicted octanol–water partition coefficient (Wildman–Crippen LogP) is 20.7. The summed E-state index contributed by atoms with van der Waals surface area (Å²) in [5.74, 6) is 0. The zero-order chi connectivity index (χ0) is 59.2. The standard InChI is InChI=1S/C61H88B2O4.C14H8Br2/c1-13-17-21-25-29-45-37-46(30-26-22-18-14-2)40-49(39-45)61(50-41-47(31-27-23-19-15-3)38-48(42-50)32-28-24-20-16-4)55-43-51(62-64-57(5,6)58(7,8)65-62)33-35-53(55)54-36-34-52(44-56(54)61)63-66-59(9,10)60(11,12)67-63;15-13-9-5-1-2-6-10(9)14(16)12-8-4-3-7-11(12)13/h33-44H,13-32H2,1-12H3;1-8H. The van der Waals surface area contributed by atoms with E-state index >= 15 is 0 Å². The summed E-state index contributed by atoms with van der Waals surface area (Å²) in [6.45, 7) is 26.6. The lowest BCUT2D eigenvalue weighted by Gasteiger charge is -2.36. The van der Waals surface area contributed by atoms with Gasteiger partial charge in [0.05, 0.1) is 27.8 Å². The first-order valence-electron chi connectivity index (χ1n) is 32.3. The van der Waals surface area contributed by atoms with Gasteiger partial charge in [0.1, 0.15) is 0 Å². The van der Waals surface area contributed by atoms with E-state index in [2.05, 4.69) is 236 Å². The maximum atomic E-state index is 6.87. The summed E-state index contributed by atoms with van der Waals surface area (Å²) < 4.78 is 29.8. The third-order valence-electron chi connectivity index (χ3n) is 19.3. The minimum absolute atomic E-state index is 0.452. The van der Waals surface area contributed by atoms with Crippen molar-refractivity contribution in [2.45, 2.75) is 239 Å². The van der Waals surface area contributed by atoms with Crippen LogP contribution in [0.5, 0.6) is 0 Å². The largest absolute Gasteiger partial charge is 0.494 e. The van der Waals surface area contributed by atoms with Gasteiger partial charge in [-0.1, -0.05) is 226 Å². The molecule has 7 aromatic rings. The molecule has 0 atom stereocenters. The molecule has 4 nitrogen and oxygen atoms in total. The molecule has 2 aliphatic heterocycles. The van der Waals surface area contributed by atoms with Crippen molar-refractivity contribution in [1.29, 1.82) is 0 Å². The van der Waals surface area contributed by atoms with E-state index in [0.717, 1.165) is 36.6 Å². The second kappa shape index (κ2) is 27.4. The van der Waals surface area contributed by atoms with Crippen LogP contribution in [-0.4, -0.2) is 36.6 Å². The van der Waals surface area contributed by atoms with E-state index in [9.17, 15) is 0 Å². The molecule has 0 amide bonds. The highest BCUT2D eigenvalue weighted by atomic mass is 79.9. The van der Waals surface area contributed by atoms with Crippen molar-refractivity contribution in [2.75, 3.05) is 0 Å². The third-order valence-corrected chi connectivity index (χ3v) is 21.0. The molecular weight excluding hydrogens is 1150 g/mol. The molecule has 7 aromatic carbocycles. The molecular formula is C75H96B2Br2O4. The Balaban J connectivity index is 0.000000440. The van der Waals surface area contributed by atoms with Crippen molar-refractivity contribution < 1.29 is 18.6 Å². The number of unbranched alkanes of at least 4 members (excludes halogenated alkanes) is 12. The number of benzene rings is 7. The van der Waals surface area contributed by atoms with E-state index in [1.165, 1.54) is 189 Å². The zero-order valence-electron chi connectivity index (χ0n) is 52.7. The highest BCUT2D eigenvalue weighted by Crippen LogP contribution is 2.57. The molecule has 2 fully saturated rings. The Morgan fingerprint density at radius 3 is 0.880 bits per heavy atom. The Hall–Kier alpha value is -4.01. The summed E-state index contributed by atoms with van der Waals surface area (Å²) in [6.07, 6.45) is 24.3. The number of halogens is 2. The van der Waals surface area contributed by atoms with Crippen LogP contribution in [0.1, 0.15) is 230 Å². The molecule has 0 bridgehead atoms. The van der Waals surface area contributed by atoms with Gasteiger partial charge < -0.3 is 18.6 Å². The van der Waals surface area contributed by atoms with Crippen LogP contribution in [0.25, 0.3) is 32.7 Å². The van der Waals surface area contributed by atoms with Crippen LogP contribution in [0.3, 0.4) is 0 Å². The van der Waals surface area contributed by atoms with Gasteiger partial charge in [0.2, 0.25) is 0 Å². The van der Waals surface area contributed by atoms with E-state index in [0.29, 0.717) is 0 Å². The summed E-state index contributed by atoms with van der Waals surface area (Å²) in [6, 6.07) is 46.7. The van der Waals surface area contributed by atoms with E-state index < -0.39 is 42.1 Å². The quantitative estimate of drug-likeness (QED) is 0.0343. The lowest BCUT2D eigenvalue weighted by molar-refractivity contribution is 0.00578. The van der Waals surface area contributed by atoms with Crippen LogP contribution in [0.2, 0.25) is 0 Å². The summed E-state index contributed by atoms with van der Waals surface area (Å²) in [5.41, 5.74) is 13.5. The van der Waals surface area contributed by atoms with Crippen LogP contribution >= 0.6 is 31.9 Å². The van der Waals surface area contributed by atoms with Gasteiger partial charge in [-0.3, -0.25) is 0 Å². The van der Waals surface area contributed by atoms with E-state index in [1.54, 1.807) is 0 Å². The summed E-state index contributed by atoms with van der Waals surface area (Å²) >= 11 is 7.39. The highest BCUT2D eigenvalue weighted by Gasteiger charge is 2.55. The predicted molar refractivity (Wildman–Crippen MR) is 363 cm³/mol. The molecule has 0 N–H and O–H groups in total. The smallest absolute Gasteiger partial charge is 0.399 e. The Labute approximate surface area is 518 Å². The van der Waals surface area contributed by atoms with Gasteiger partial charge in [0.25, 0.3) is 0 Å². The van der Waals surface area contributed by atoms with Gasteiger partial charge in [-0.25, -0.2) is 0 Å². The zero-order valence-corrected chi connectivity index (χ0v) is 55.9. The third kappa shape index (κ3) is 13.6. The summed E-state index contributed by atoms with van der Waals surface area (Å²) in [4.78, 5) is 0. The Morgan fingerprint density at radius 2 is 0.614 bits per heavy atom. The minimum Gasteiger partial charge on any atom is -0.399 e. The molecule has 0 radical (unpaired) electrons. The lowest BCUT2D eigenvalue weighted by atomic mass is 9.64. The fraction of sp³-hybridized carbons (Fsp3) is 0.493. The molecule has 8 heteroatoms. The first-order chi connectivity index (χ1) is 39.8. The second-order valence-electron chi connectivity index (χ2n) is 26.6. The van der Waals surface area contributed by atoms with E-state index in [4.69, 9.17) is 18.6 Å². The summed E-state index contributed by atoms with van der Waals surface area (Å²) in [5, 5.41) is 4.97. The van der Waals surface area contributed by atoms with Crippen LogP contribution in [0, 0.1) is 0 Å². The van der Waals surface area contributed by atoms with Gasteiger partial charge in [0.15, 0.2) is 0 Å². The maximum absolute atomic E-state index is 6.87. The number of rotatable bonds is 24. The Kier molecular flexibility index (Phi) is 20.9. The molecule has 0 saturated carbocycles. The molecule has 440 valence electrons. The maximum Gasteiger partial charge on any atom is 0.494 e. The highest BCUT2D eigenvalue weighted by molar-refractivity contribution is 9.11. The molecule has 1 aliphatic carbocycles. The van der Waals surface area contributed by atoms with Crippen molar-refractivity contribution in [2.24, 2.45) is 0 Å². The molecule has 0 aromatic heterocycles. The van der Waals surface area contributed by atoms with Crippen molar-refractivity contribution in [3.63, 3.8) is 0 Å². The molecule has 0 unspecified atom stereocenters. The molecule has 3 aliphatic rings. The van der Waals surface area contributed by atoms with Crippen molar-refractivity contribution in [1.82, 2.24) is 0 Å². The fourth-order valence-electron chi connectivity index (χ4n) is 13.0. The fourth-order valence-corrected chi connectivity index (χ4v) is 14.4. The summed E-state index contributed by atoms with van der Waals surface area (Å²) in [7, 11) is -0.954. The number of fused-ring (bicyclic) bond motifs is 5.